The van der Waals surface area contributed by atoms with Gasteiger partial charge in [-0.15, -0.1) is 12.8 Å². The molecule has 6 aromatic carbocycles. The van der Waals surface area contributed by atoms with Gasteiger partial charge >= 0.3 is 0 Å². The molecule has 0 atom stereocenters. The van der Waals surface area contributed by atoms with Gasteiger partial charge in [-0.1, -0.05) is 72.5 Å². The summed E-state index contributed by atoms with van der Waals surface area (Å²) in [5.74, 6) is 10.9. The summed E-state index contributed by atoms with van der Waals surface area (Å²) in [5.41, 5.74) is 5.93. The van der Waals surface area contributed by atoms with Crippen LogP contribution in [0, 0.1) is 24.7 Å². The van der Waals surface area contributed by atoms with Crippen LogP contribution in [-0.2, 0) is 5.41 Å². The molecule has 0 saturated carbocycles. The van der Waals surface area contributed by atoms with Crippen LogP contribution in [0.25, 0.3) is 11.1 Å². The Bertz CT molecular complexity index is 2230. The number of terminal acetylenes is 2. The minimum Gasteiger partial charge on any atom is -0.481 e. The van der Waals surface area contributed by atoms with Crippen molar-refractivity contribution in [1.29, 1.82) is 0 Å². The van der Waals surface area contributed by atoms with E-state index in [4.69, 9.17) is 41.3 Å². The highest BCUT2D eigenvalue weighted by molar-refractivity contribution is 5.86. The molecule has 0 bridgehead atoms. The lowest BCUT2D eigenvalue weighted by molar-refractivity contribution is 0.344. The molecule has 0 spiro atoms. The van der Waals surface area contributed by atoms with Crippen molar-refractivity contribution < 1.29 is 28.4 Å². The first-order valence-corrected chi connectivity index (χ1v) is 15.8. The largest absolute Gasteiger partial charge is 0.481 e. The third kappa shape index (κ3) is 4.47. The lowest BCUT2D eigenvalue weighted by atomic mass is 9.67. The first-order chi connectivity index (χ1) is 24.1. The molecule has 0 amide bonds. The average Bonchev–Trinajstić information content (AvgIpc) is 3.45. The highest BCUT2D eigenvalue weighted by Crippen LogP contribution is 2.59. The number of hydrogen-bond acceptors (Lipinski definition) is 6. The predicted octanol–water partition coefficient (Wildman–Crippen LogP) is 9.87. The summed E-state index contributed by atoms with van der Waals surface area (Å²) in [4.78, 5) is 0. The molecule has 1 aliphatic carbocycles. The number of rotatable bonds is 6. The Labute approximate surface area is 283 Å². The molecule has 49 heavy (non-hydrogen) atoms. The monoisotopic (exact) mass is 638 g/mol. The molecule has 0 aromatic heterocycles. The van der Waals surface area contributed by atoms with Gasteiger partial charge in [0, 0.05) is 12.1 Å². The van der Waals surface area contributed by atoms with Gasteiger partial charge in [0.15, 0.2) is 46.0 Å². The number of hydrogen-bond donors (Lipinski definition) is 0. The number of benzene rings is 6. The van der Waals surface area contributed by atoms with Crippen LogP contribution in [0.2, 0.25) is 0 Å². The minimum atomic E-state index is -0.718. The third-order valence-corrected chi connectivity index (χ3v) is 9.06. The van der Waals surface area contributed by atoms with Crippen molar-refractivity contribution in [2.45, 2.75) is 5.41 Å². The summed E-state index contributed by atoms with van der Waals surface area (Å²) >= 11 is 0. The maximum atomic E-state index is 6.47. The molecule has 0 radical (unpaired) electrons. The van der Waals surface area contributed by atoms with E-state index in [-0.39, 0.29) is 13.2 Å². The molecule has 6 heteroatoms. The molecule has 0 unspecified atom stereocenters. The Morgan fingerprint density at radius 3 is 1.27 bits per heavy atom. The second kappa shape index (κ2) is 11.2. The molecular formula is C43H26O6. The van der Waals surface area contributed by atoms with Crippen LogP contribution >= 0.6 is 0 Å². The second-order valence-corrected chi connectivity index (χ2v) is 11.8. The van der Waals surface area contributed by atoms with E-state index in [0.29, 0.717) is 57.5 Å². The summed E-state index contributed by atoms with van der Waals surface area (Å²) in [6, 6.07) is 40.2. The summed E-state index contributed by atoms with van der Waals surface area (Å²) < 4.78 is 36.8. The van der Waals surface area contributed by atoms with Crippen LogP contribution in [0.1, 0.15) is 22.3 Å². The quantitative estimate of drug-likeness (QED) is 0.169. The first-order valence-electron chi connectivity index (χ1n) is 15.8. The van der Waals surface area contributed by atoms with E-state index < -0.39 is 5.41 Å². The lowest BCUT2D eigenvalue weighted by Crippen LogP contribution is -2.28. The van der Waals surface area contributed by atoms with Crippen LogP contribution in [0.5, 0.6) is 57.5 Å². The zero-order valence-corrected chi connectivity index (χ0v) is 26.1. The van der Waals surface area contributed by atoms with Crippen molar-refractivity contribution in [2.75, 3.05) is 13.2 Å². The SMILES string of the molecule is C#CCOc1ccc2c(c1)Oc1ccc(C3(c4ccc5c(c4)Oc4ccc(OCC#C)cc4O5)c4ccccc4-c4ccccc43)cc1O2. The van der Waals surface area contributed by atoms with Crippen molar-refractivity contribution in [3.63, 3.8) is 0 Å². The van der Waals surface area contributed by atoms with Crippen LogP contribution in [0.15, 0.2) is 121 Å². The Morgan fingerprint density at radius 2 is 0.837 bits per heavy atom. The summed E-state index contributed by atoms with van der Waals surface area (Å²) in [5, 5.41) is 0. The zero-order chi connectivity index (χ0) is 33.0. The Kier molecular flexibility index (Phi) is 6.50. The van der Waals surface area contributed by atoms with Crippen LogP contribution in [-0.4, -0.2) is 13.2 Å². The molecule has 234 valence electrons. The maximum absolute atomic E-state index is 6.47. The van der Waals surface area contributed by atoms with Crippen molar-refractivity contribution in [2.24, 2.45) is 0 Å². The molecule has 2 heterocycles. The summed E-state index contributed by atoms with van der Waals surface area (Å²) in [6.07, 6.45) is 10.7. The fourth-order valence-electron chi connectivity index (χ4n) is 7.04. The Hall–Kier alpha value is -6.76. The summed E-state index contributed by atoms with van der Waals surface area (Å²) in [7, 11) is 0. The van der Waals surface area contributed by atoms with E-state index in [1.165, 1.54) is 0 Å². The maximum Gasteiger partial charge on any atom is 0.173 e. The standard InChI is InChI=1S/C43H26O6/c1-3-21-44-29-15-19-37-41(25-29)48-35-17-13-27(23-39(35)46-37)43(33-11-7-5-9-31(33)32-10-6-8-12-34(32)43)28-14-18-36-40(24-28)47-38-20-16-30(45-22-4-2)26-42(38)49-36/h1-2,5-20,23-26H,21-22H2. The molecule has 2 aliphatic heterocycles. The minimum absolute atomic E-state index is 0.167. The molecule has 0 fully saturated rings. The Balaban J connectivity index is 1.18. The predicted molar refractivity (Wildman–Crippen MR) is 186 cm³/mol. The van der Waals surface area contributed by atoms with E-state index in [2.05, 4.69) is 84.6 Å². The van der Waals surface area contributed by atoms with Crippen LogP contribution in [0.3, 0.4) is 0 Å². The fraction of sp³-hybridized carbons (Fsp3) is 0.0698. The van der Waals surface area contributed by atoms with Crippen molar-refractivity contribution in [3.05, 3.63) is 144 Å². The van der Waals surface area contributed by atoms with Crippen molar-refractivity contribution in [1.82, 2.24) is 0 Å². The number of fused-ring (bicyclic) bond motifs is 7. The van der Waals surface area contributed by atoms with Gasteiger partial charge in [0.05, 0.1) is 5.41 Å². The van der Waals surface area contributed by atoms with Gasteiger partial charge < -0.3 is 28.4 Å². The molecule has 0 N–H and O–H groups in total. The molecule has 9 rings (SSSR count). The van der Waals surface area contributed by atoms with Crippen LogP contribution in [0.4, 0.5) is 0 Å². The van der Waals surface area contributed by atoms with E-state index in [1.807, 2.05) is 36.4 Å². The highest BCUT2D eigenvalue weighted by atomic mass is 16.6. The smallest absolute Gasteiger partial charge is 0.173 e. The van der Waals surface area contributed by atoms with Gasteiger partial charge in [0.1, 0.15) is 24.7 Å². The Morgan fingerprint density at radius 1 is 0.449 bits per heavy atom. The van der Waals surface area contributed by atoms with E-state index in [0.717, 1.165) is 33.4 Å². The molecule has 3 aliphatic rings. The molecular weight excluding hydrogens is 612 g/mol. The number of ether oxygens (including phenoxy) is 6. The van der Waals surface area contributed by atoms with Gasteiger partial charge in [-0.2, -0.15) is 0 Å². The van der Waals surface area contributed by atoms with Crippen molar-refractivity contribution in [3.8, 4) is 93.3 Å². The molecule has 6 nitrogen and oxygen atoms in total. The van der Waals surface area contributed by atoms with E-state index in [9.17, 15) is 0 Å². The van der Waals surface area contributed by atoms with Gasteiger partial charge in [0.25, 0.3) is 0 Å². The molecule has 0 saturated heterocycles. The van der Waals surface area contributed by atoms with Gasteiger partial charge in [-0.25, -0.2) is 0 Å². The zero-order valence-electron chi connectivity index (χ0n) is 26.1. The van der Waals surface area contributed by atoms with Crippen molar-refractivity contribution >= 4 is 0 Å². The van der Waals surface area contributed by atoms with Gasteiger partial charge in [-0.05, 0) is 81.9 Å². The second-order valence-electron chi connectivity index (χ2n) is 11.8. The fourth-order valence-corrected chi connectivity index (χ4v) is 7.04. The van der Waals surface area contributed by atoms with E-state index >= 15 is 0 Å². The lowest BCUT2D eigenvalue weighted by Gasteiger charge is -2.35. The van der Waals surface area contributed by atoms with Crippen LogP contribution < -0.4 is 28.4 Å². The molecule has 6 aromatic rings. The normalized spacial score (nSPS) is 13.4. The summed E-state index contributed by atoms with van der Waals surface area (Å²) in [6.45, 7) is 0.333. The highest BCUT2D eigenvalue weighted by Gasteiger charge is 2.47. The third-order valence-electron chi connectivity index (χ3n) is 9.06. The topological polar surface area (TPSA) is 55.4 Å². The average molecular weight is 639 g/mol. The van der Waals surface area contributed by atoms with Gasteiger partial charge in [-0.3, -0.25) is 0 Å². The first kappa shape index (κ1) is 28.5. The van der Waals surface area contributed by atoms with E-state index in [1.54, 1.807) is 12.1 Å². The van der Waals surface area contributed by atoms with Gasteiger partial charge in [0.2, 0.25) is 0 Å².